The number of nitrogens with one attached hydrogen (secondary N) is 1. The van der Waals surface area contributed by atoms with Crippen LogP contribution in [0.3, 0.4) is 0 Å². The predicted octanol–water partition coefficient (Wildman–Crippen LogP) is 5.25. The van der Waals surface area contributed by atoms with Gasteiger partial charge in [0.25, 0.3) is 5.91 Å². The van der Waals surface area contributed by atoms with E-state index in [9.17, 15) is 27.7 Å². The number of nitrogens with zero attached hydrogens (tertiary/aromatic N) is 2. The van der Waals surface area contributed by atoms with E-state index in [4.69, 9.17) is 14.5 Å². The maximum Gasteiger partial charge on any atom is 0.399 e. The molecular formula is C32H38F2N3O7PS. The van der Waals surface area contributed by atoms with Crippen LogP contribution < -0.4 is 5.32 Å². The lowest BCUT2D eigenvalue weighted by atomic mass is 9.92. The van der Waals surface area contributed by atoms with Gasteiger partial charge in [0.1, 0.15) is 18.2 Å². The first-order valence-corrected chi connectivity index (χ1v) is 17.8. The molecule has 0 saturated carbocycles. The molecule has 3 N–H and O–H groups in total. The fraction of sp³-hybridized carbons (Fsp3) is 0.469. The molecule has 0 unspecified atom stereocenters. The Balaban J connectivity index is 1.34. The highest BCUT2D eigenvalue weighted by Gasteiger charge is 2.50. The summed E-state index contributed by atoms with van der Waals surface area (Å²) in [5.74, 6) is -1.27. The molecule has 0 radical (unpaired) electrons. The lowest BCUT2D eigenvalue weighted by molar-refractivity contribution is -0.150. The Morgan fingerprint density at radius 2 is 1.80 bits per heavy atom. The fourth-order valence-electron chi connectivity index (χ4n) is 6.26. The van der Waals surface area contributed by atoms with Crippen LogP contribution in [-0.4, -0.2) is 75.6 Å². The zero-order valence-electron chi connectivity index (χ0n) is 25.6. The smallest absolute Gasteiger partial charge is 0.370 e. The van der Waals surface area contributed by atoms with Gasteiger partial charge in [-0.25, -0.2) is 0 Å². The number of benzene rings is 2. The third-order valence-corrected chi connectivity index (χ3v) is 11.0. The lowest BCUT2D eigenvalue weighted by Gasteiger charge is -2.37. The van der Waals surface area contributed by atoms with Crippen molar-refractivity contribution >= 4 is 46.7 Å². The number of carbonyl (C=O) groups is 3. The number of ether oxygens (including phenoxy) is 1. The standard InChI is InChI=1S/C32H38F2N3O7PS/c1-3-20(4-2)28(35-29(38)27-18-22-17-23(12-13-26(22)46-27)32(33,34)45(41,42)43)31(40)37-14-8-11-24(37)30(39)36-15-16-44-25(19-36)21-9-6-5-7-10-21/h5-7,9-10,12-13,17-18,20,24-25,28H,3-4,8,11,14-16,19H2,1-2H3,(H,35,38)(H2,41,42,43)/t24-,25-,28-/m0/s1. The maximum atomic E-state index is 14.3. The van der Waals surface area contributed by atoms with Gasteiger partial charge in [-0.1, -0.05) is 63.1 Å². The molecule has 2 saturated heterocycles. The number of likely N-dealkylation sites (tertiary alicyclic amines) is 1. The second-order valence-corrected chi connectivity index (χ2v) is 14.5. The van der Waals surface area contributed by atoms with E-state index in [1.54, 1.807) is 9.80 Å². The first-order chi connectivity index (χ1) is 21.8. The molecule has 2 aromatic carbocycles. The van der Waals surface area contributed by atoms with E-state index in [2.05, 4.69) is 5.32 Å². The number of hydrogen-bond acceptors (Lipinski definition) is 6. The third-order valence-electron chi connectivity index (χ3n) is 8.90. The monoisotopic (exact) mass is 677 g/mol. The molecule has 3 aromatic rings. The molecule has 3 amide bonds. The molecule has 0 spiro atoms. The maximum absolute atomic E-state index is 14.3. The zero-order valence-corrected chi connectivity index (χ0v) is 27.3. The van der Waals surface area contributed by atoms with Crippen molar-refractivity contribution < 1.29 is 42.3 Å². The summed E-state index contributed by atoms with van der Waals surface area (Å²) in [5, 5.41) is 3.09. The van der Waals surface area contributed by atoms with E-state index in [0.717, 1.165) is 29.0 Å². The van der Waals surface area contributed by atoms with E-state index < -0.39 is 36.8 Å². The molecule has 46 heavy (non-hydrogen) atoms. The summed E-state index contributed by atoms with van der Waals surface area (Å²) in [5.41, 5.74) is -4.27. The summed E-state index contributed by atoms with van der Waals surface area (Å²) in [6.45, 7) is 5.41. The van der Waals surface area contributed by atoms with Crippen LogP contribution >= 0.6 is 18.9 Å². The van der Waals surface area contributed by atoms with Crippen molar-refractivity contribution in [2.45, 2.75) is 63.4 Å². The Labute approximate surface area is 269 Å². The van der Waals surface area contributed by atoms with Crippen LogP contribution in [0, 0.1) is 5.92 Å². The van der Waals surface area contributed by atoms with E-state index in [1.807, 2.05) is 44.2 Å². The quantitative estimate of drug-likeness (QED) is 0.249. The van der Waals surface area contributed by atoms with Crippen molar-refractivity contribution in [2.24, 2.45) is 5.92 Å². The molecule has 10 nitrogen and oxygen atoms in total. The number of fused-ring (bicyclic) bond motifs is 1. The number of hydrogen-bond donors (Lipinski definition) is 3. The highest BCUT2D eigenvalue weighted by molar-refractivity contribution is 7.52. The van der Waals surface area contributed by atoms with Crippen molar-refractivity contribution in [3.63, 3.8) is 0 Å². The van der Waals surface area contributed by atoms with Gasteiger partial charge in [-0.05, 0) is 47.9 Å². The summed E-state index contributed by atoms with van der Waals surface area (Å²) in [7, 11) is -5.76. The molecule has 3 heterocycles. The highest BCUT2D eigenvalue weighted by atomic mass is 32.1. The zero-order chi connectivity index (χ0) is 33.2. The summed E-state index contributed by atoms with van der Waals surface area (Å²) in [6, 6.07) is 12.6. The van der Waals surface area contributed by atoms with Crippen LogP contribution in [-0.2, 0) is 24.6 Å². The minimum atomic E-state index is -5.76. The molecule has 3 atom stereocenters. The molecule has 5 rings (SSSR count). The van der Waals surface area contributed by atoms with Gasteiger partial charge in [-0.3, -0.25) is 18.9 Å². The average molecular weight is 678 g/mol. The molecule has 0 bridgehead atoms. The van der Waals surface area contributed by atoms with Crippen LogP contribution in [0.1, 0.15) is 66.4 Å². The molecule has 0 aliphatic carbocycles. The third kappa shape index (κ3) is 6.89. The van der Waals surface area contributed by atoms with Crippen molar-refractivity contribution in [1.82, 2.24) is 15.1 Å². The molecular weight excluding hydrogens is 639 g/mol. The van der Waals surface area contributed by atoms with Crippen molar-refractivity contribution in [3.05, 3.63) is 70.6 Å². The fourth-order valence-corrected chi connectivity index (χ4v) is 7.68. The Hall–Kier alpha value is -3.22. The Kier molecular flexibility index (Phi) is 10.3. The van der Waals surface area contributed by atoms with Gasteiger partial charge in [-0.2, -0.15) is 8.78 Å². The molecule has 2 fully saturated rings. The number of alkyl halides is 2. The Morgan fingerprint density at radius 1 is 1.09 bits per heavy atom. The second-order valence-electron chi connectivity index (χ2n) is 11.7. The number of thiophene rings is 1. The van der Waals surface area contributed by atoms with Gasteiger partial charge >= 0.3 is 13.3 Å². The Bertz CT molecular complexity index is 1630. The van der Waals surface area contributed by atoms with E-state index in [0.29, 0.717) is 56.6 Å². The number of halogens is 2. The van der Waals surface area contributed by atoms with E-state index in [1.165, 1.54) is 12.1 Å². The molecule has 2 aliphatic heterocycles. The van der Waals surface area contributed by atoms with Gasteiger partial charge in [0.15, 0.2) is 0 Å². The predicted molar refractivity (Wildman–Crippen MR) is 170 cm³/mol. The summed E-state index contributed by atoms with van der Waals surface area (Å²) in [6.07, 6.45) is 2.08. The largest absolute Gasteiger partial charge is 0.399 e. The van der Waals surface area contributed by atoms with Gasteiger partial charge < -0.3 is 29.6 Å². The summed E-state index contributed by atoms with van der Waals surface area (Å²) >= 11 is 1.02. The first-order valence-electron chi connectivity index (χ1n) is 15.4. The van der Waals surface area contributed by atoms with Crippen LogP contribution in [0.5, 0.6) is 0 Å². The number of rotatable bonds is 10. The first kappa shape index (κ1) is 34.1. The molecule has 2 aliphatic rings. The minimum Gasteiger partial charge on any atom is -0.370 e. The molecule has 1 aromatic heterocycles. The van der Waals surface area contributed by atoms with Gasteiger partial charge in [0.05, 0.1) is 18.0 Å². The second kappa shape index (κ2) is 13.9. The number of morpholine rings is 1. The number of amides is 3. The van der Waals surface area contributed by atoms with Crippen molar-refractivity contribution in [1.29, 1.82) is 0 Å². The topological polar surface area (TPSA) is 136 Å². The Morgan fingerprint density at radius 3 is 2.48 bits per heavy atom. The molecule has 248 valence electrons. The van der Waals surface area contributed by atoms with Crippen LogP contribution in [0.4, 0.5) is 8.78 Å². The molecule has 14 heteroatoms. The van der Waals surface area contributed by atoms with Crippen LogP contribution in [0.2, 0.25) is 0 Å². The van der Waals surface area contributed by atoms with Gasteiger partial charge in [-0.15, -0.1) is 11.3 Å². The van der Waals surface area contributed by atoms with E-state index in [-0.39, 0.29) is 34.1 Å². The normalized spacial score (nSPS) is 19.9. The summed E-state index contributed by atoms with van der Waals surface area (Å²) in [4.78, 5) is 63.2. The SMILES string of the molecule is CCC(CC)[C@H](NC(=O)c1cc2cc(C(F)(F)P(=O)(O)O)ccc2s1)C(=O)N1CCC[C@H]1C(=O)N1CCO[C@H](c2ccccc2)C1. The number of carbonyl (C=O) groups excluding carboxylic acids is 3. The van der Waals surface area contributed by atoms with Crippen LogP contribution in [0.15, 0.2) is 54.6 Å². The lowest BCUT2D eigenvalue weighted by Crippen LogP contribution is -2.57. The summed E-state index contributed by atoms with van der Waals surface area (Å²) < 4.78 is 46.4. The minimum absolute atomic E-state index is 0.142. The highest BCUT2D eigenvalue weighted by Crippen LogP contribution is 2.59. The van der Waals surface area contributed by atoms with E-state index >= 15 is 0 Å². The van der Waals surface area contributed by atoms with Gasteiger partial charge in [0.2, 0.25) is 11.8 Å². The average Bonchev–Trinajstić information content (AvgIpc) is 3.72. The van der Waals surface area contributed by atoms with Crippen LogP contribution in [0.25, 0.3) is 10.1 Å². The van der Waals surface area contributed by atoms with Crippen molar-refractivity contribution in [2.75, 3.05) is 26.2 Å². The van der Waals surface area contributed by atoms with Gasteiger partial charge in [0, 0.05) is 23.4 Å². The van der Waals surface area contributed by atoms with Crippen molar-refractivity contribution in [3.8, 4) is 0 Å².